The van der Waals surface area contributed by atoms with Gasteiger partial charge < -0.3 is 24.2 Å². The monoisotopic (exact) mass is 485 g/mol. The maximum absolute atomic E-state index is 12.6. The van der Waals surface area contributed by atoms with Gasteiger partial charge in [-0.3, -0.25) is 9.69 Å². The third-order valence-corrected chi connectivity index (χ3v) is 7.12. The van der Waals surface area contributed by atoms with E-state index >= 15 is 0 Å². The molecule has 1 amide bonds. The van der Waals surface area contributed by atoms with Crippen LogP contribution in [0.2, 0.25) is 0 Å². The van der Waals surface area contributed by atoms with Gasteiger partial charge in [0.15, 0.2) is 11.5 Å². The summed E-state index contributed by atoms with van der Waals surface area (Å²) in [6.07, 6.45) is 5.37. The van der Waals surface area contributed by atoms with E-state index in [1.807, 2.05) is 18.2 Å². The van der Waals surface area contributed by atoms with E-state index in [2.05, 4.69) is 32.2 Å². The van der Waals surface area contributed by atoms with Crippen molar-refractivity contribution in [2.45, 2.75) is 45.6 Å². The molecule has 2 aliphatic rings. The number of carbonyl (C=O) groups is 1. The molecule has 35 heavy (non-hydrogen) atoms. The molecule has 2 aromatic rings. The highest BCUT2D eigenvalue weighted by atomic mass is 16.5. The van der Waals surface area contributed by atoms with Gasteiger partial charge in [0, 0.05) is 24.6 Å². The lowest BCUT2D eigenvalue weighted by Gasteiger charge is -2.31. The Balaban J connectivity index is 1.18. The second-order valence-corrected chi connectivity index (χ2v) is 9.82. The number of piperidine rings is 2. The predicted molar refractivity (Wildman–Crippen MR) is 133 cm³/mol. The van der Waals surface area contributed by atoms with Crippen molar-refractivity contribution >= 4 is 5.91 Å². The molecule has 0 spiro atoms. The molecular formula is C26H39N5O4. The Morgan fingerprint density at radius 3 is 2.66 bits per heavy atom. The van der Waals surface area contributed by atoms with Crippen molar-refractivity contribution in [2.75, 3.05) is 53.5 Å². The molecule has 0 bridgehead atoms. The summed E-state index contributed by atoms with van der Waals surface area (Å²) in [7, 11) is 3.21. The first-order chi connectivity index (χ1) is 17.1. The Morgan fingerprint density at radius 1 is 1.11 bits per heavy atom. The SMILES string of the molecule is COc1ccc(-c2noc(CN3CCC(C(=O)NCCCN4CCCC(C)C4)CC3)n2)cc1OC. The molecule has 4 rings (SSSR count). The van der Waals surface area contributed by atoms with Crippen molar-refractivity contribution in [3.8, 4) is 22.9 Å². The topological polar surface area (TPSA) is 93.0 Å². The summed E-state index contributed by atoms with van der Waals surface area (Å²) in [5.41, 5.74) is 0.808. The Labute approximate surface area is 208 Å². The number of amides is 1. The molecule has 2 fully saturated rings. The molecule has 2 saturated heterocycles. The first-order valence-corrected chi connectivity index (χ1v) is 12.8. The van der Waals surface area contributed by atoms with Crippen LogP contribution in [0.25, 0.3) is 11.4 Å². The van der Waals surface area contributed by atoms with Gasteiger partial charge in [-0.2, -0.15) is 4.98 Å². The molecule has 0 saturated carbocycles. The minimum Gasteiger partial charge on any atom is -0.493 e. The largest absolute Gasteiger partial charge is 0.493 e. The van der Waals surface area contributed by atoms with Crippen LogP contribution in [0.15, 0.2) is 22.7 Å². The van der Waals surface area contributed by atoms with E-state index in [1.54, 1.807) is 14.2 Å². The van der Waals surface area contributed by atoms with E-state index in [9.17, 15) is 4.79 Å². The number of hydrogen-bond donors (Lipinski definition) is 1. The van der Waals surface area contributed by atoms with Gasteiger partial charge in [-0.15, -0.1) is 0 Å². The van der Waals surface area contributed by atoms with Gasteiger partial charge in [-0.05, 0) is 82.4 Å². The minimum atomic E-state index is 0.0891. The summed E-state index contributed by atoms with van der Waals surface area (Å²) in [6.45, 7) is 8.85. The minimum absolute atomic E-state index is 0.0891. The van der Waals surface area contributed by atoms with Crippen molar-refractivity contribution in [3.63, 3.8) is 0 Å². The van der Waals surface area contributed by atoms with Gasteiger partial charge in [0.1, 0.15) is 0 Å². The number of carbonyl (C=O) groups excluding carboxylic acids is 1. The number of benzene rings is 1. The quantitative estimate of drug-likeness (QED) is 0.513. The zero-order valence-corrected chi connectivity index (χ0v) is 21.3. The second kappa shape index (κ2) is 12.4. The Kier molecular flexibility index (Phi) is 8.98. The van der Waals surface area contributed by atoms with Crippen LogP contribution in [-0.4, -0.2) is 79.3 Å². The van der Waals surface area contributed by atoms with Gasteiger partial charge in [-0.1, -0.05) is 12.1 Å². The zero-order chi connectivity index (χ0) is 24.6. The summed E-state index contributed by atoms with van der Waals surface area (Å²) < 4.78 is 16.1. The number of likely N-dealkylation sites (tertiary alicyclic amines) is 2. The molecule has 0 radical (unpaired) electrons. The first-order valence-electron chi connectivity index (χ1n) is 12.8. The molecule has 9 heteroatoms. The van der Waals surface area contributed by atoms with E-state index in [0.29, 0.717) is 29.8 Å². The molecule has 9 nitrogen and oxygen atoms in total. The fourth-order valence-corrected chi connectivity index (χ4v) is 5.10. The second-order valence-electron chi connectivity index (χ2n) is 9.82. The van der Waals surface area contributed by atoms with E-state index in [1.165, 1.54) is 25.9 Å². The molecule has 0 aliphatic carbocycles. The van der Waals surface area contributed by atoms with Crippen LogP contribution in [0, 0.1) is 11.8 Å². The Morgan fingerprint density at radius 2 is 1.91 bits per heavy atom. The average molecular weight is 486 g/mol. The third kappa shape index (κ3) is 6.95. The summed E-state index contributed by atoms with van der Waals surface area (Å²) in [6, 6.07) is 5.55. The maximum Gasteiger partial charge on any atom is 0.241 e. The van der Waals surface area contributed by atoms with Gasteiger partial charge >= 0.3 is 0 Å². The molecular weight excluding hydrogens is 446 g/mol. The van der Waals surface area contributed by atoms with Crippen LogP contribution in [0.3, 0.4) is 0 Å². The highest BCUT2D eigenvalue weighted by molar-refractivity contribution is 5.78. The van der Waals surface area contributed by atoms with Crippen LogP contribution in [0.4, 0.5) is 0 Å². The number of aromatic nitrogens is 2. The molecule has 1 unspecified atom stereocenters. The fraction of sp³-hybridized carbons (Fsp3) is 0.654. The molecule has 1 aromatic heterocycles. The number of hydrogen-bond acceptors (Lipinski definition) is 8. The van der Waals surface area contributed by atoms with Crippen molar-refractivity contribution in [1.29, 1.82) is 0 Å². The van der Waals surface area contributed by atoms with E-state index in [4.69, 9.17) is 14.0 Å². The lowest BCUT2D eigenvalue weighted by atomic mass is 9.96. The van der Waals surface area contributed by atoms with Crippen LogP contribution >= 0.6 is 0 Å². The van der Waals surface area contributed by atoms with Crippen LogP contribution in [0.5, 0.6) is 11.5 Å². The average Bonchev–Trinajstić information content (AvgIpc) is 3.35. The van der Waals surface area contributed by atoms with E-state index in [0.717, 1.165) is 56.9 Å². The Bertz CT molecular complexity index is 957. The highest BCUT2D eigenvalue weighted by Crippen LogP contribution is 2.31. The summed E-state index contributed by atoms with van der Waals surface area (Å²) in [4.78, 5) is 22.0. The zero-order valence-electron chi connectivity index (χ0n) is 21.3. The fourth-order valence-electron chi connectivity index (χ4n) is 5.10. The highest BCUT2D eigenvalue weighted by Gasteiger charge is 2.26. The van der Waals surface area contributed by atoms with Crippen molar-refractivity contribution in [1.82, 2.24) is 25.3 Å². The van der Waals surface area contributed by atoms with Gasteiger partial charge in [-0.25, -0.2) is 0 Å². The van der Waals surface area contributed by atoms with Gasteiger partial charge in [0.05, 0.1) is 20.8 Å². The van der Waals surface area contributed by atoms with Crippen molar-refractivity contribution < 1.29 is 18.8 Å². The van der Waals surface area contributed by atoms with E-state index in [-0.39, 0.29) is 11.8 Å². The number of methoxy groups -OCH3 is 2. The molecule has 2 aliphatic heterocycles. The lowest BCUT2D eigenvalue weighted by molar-refractivity contribution is -0.126. The van der Waals surface area contributed by atoms with Crippen molar-refractivity contribution in [2.24, 2.45) is 11.8 Å². The Hall–Kier alpha value is -2.65. The van der Waals surface area contributed by atoms with Crippen LogP contribution in [-0.2, 0) is 11.3 Å². The summed E-state index contributed by atoms with van der Waals surface area (Å²) >= 11 is 0. The summed E-state index contributed by atoms with van der Waals surface area (Å²) in [5, 5.41) is 7.29. The normalized spacial score (nSPS) is 20.0. The van der Waals surface area contributed by atoms with Crippen LogP contribution in [0.1, 0.15) is 44.9 Å². The molecule has 1 N–H and O–H groups in total. The maximum atomic E-state index is 12.6. The number of rotatable bonds is 10. The first kappa shape index (κ1) is 25.4. The van der Waals surface area contributed by atoms with E-state index < -0.39 is 0 Å². The standard InChI is InChI=1S/C26H39N5O4/c1-19-6-4-12-30(17-19)13-5-11-27-26(32)20-9-14-31(15-10-20)18-24-28-25(29-35-24)21-7-8-22(33-2)23(16-21)34-3/h7-8,16,19-20H,4-6,9-15,17-18H2,1-3H3,(H,27,32). The lowest BCUT2D eigenvalue weighted by Crippen LogP contribution is -2.41. The third-order valence-electron chi connectivity index (χ3n) is 7.12. The predicted octanol–water partition coefficient (Wildman–Crippen LogP) is 3.20. The van der Waals surface area contributed by atoms with Gasteiger partial charge in [0.25, 0.3) is 0 Å². The molecule has 1 atom stereocenters. The molecule has 192 valence electrons. The number of nitrogens with zero attached hydrogens (tertiary/aromatic N) is 4. The summed E-state index contributed by atoms with van der Waals surface area (Å²) in [5.74, 6) is 3.46. The van der Waals surface area contributed by atoms with Gasteiger partial charge in [0.2, 0.25) is 17.6 Å². The van der Waals surface area contributed by atoms with Crippen molar-refractivity contribution in [3.05, 3.63) is 24.1 Å². The number of ether oxygens (including phenoxy) is 2. The smallest absolute Gasteiger partial charge is 0.241 e. The molecule has 1 aromatic carbocycles. The number of nitrogens with one attached hydrogen (secondary N) is 1. The van der Waals surface area contributed by atoms with Crippen LogP contribution < -0.4 is 14.8 Å². The molecule has 3 heterocycles.